The predicted octanol–water partition coefficient (Wildman–Crippen LogP) is 2.40. The Kier molecular flexibility index (Phi) is 4.89. The number of nitrogens with zero attached hydrogens (tertiary/aromatic N) is 4. The smallest absolute Gasteiger partial charge is 0.354 e. The second-order valence-corrected chi connectivity index (χ2v) is 7.54. The van der Waals surface area contributed by atoms with Gasteiger partial charge in [-0.2, -0.15) is 4.98 Å². The summed E-state index contributed by atoms with van der Waals surface area (Å²) in [5, 5.41) is 3.85. The van der Waals surface area contributed by atoms with Crippen LogP contribution >= 0.6 is 0 Å². The molecule has 30 heavy (non-hydrogen) atoms. The van der Waals surface area contributed by atoms with Gasteiger partial charge in [0.05, 0.1) is 11.3 Å². The van der Waals surface area contributed by atoms with Gasteiger partial charge in [0, 0.05) is 25.3 Å². The van der Waals surface area contributed by atoms with Gasteiger partial charge in [0.1, 0.15) is 0 Å². The summed E-state index contributed by atoms with van der Waals surface area (Å²) in [5.41, 5.74) is -0.809. The molecule has 0 radical (unpaired) electrons. The van der Waals surface area contributed by atoms with Crippen LogP contribution in [-0.2, 0) is 20.9 Å². The number of aromatic nitrogens is 2. The molecule has 0 bridgehead atoms. The minimum absolute atomic E-state index is 0.0651. The van der Waals surface area contributed by atoms with Crippen molar-refractivity contribution in [2.75, 3.05) is 11.4 Å². The zero-order chi connectivity index (χ0) is 21.5. The minimum atomic E-state index is -1.57. The topological polar surface area (TPSA) is 106 Å². The van der Waals surface area contributed by atoms with E-state index in [0.717, 1.165) is 0 Å². The summed E-state index contributed by atoms with van der Waals surface area (Å²) in [6, 6.07) is 6.75. The number of hydrogen-bond acceptors (Lipinski definition) is 7. The predicted molar refractivity (Wildman–Crippen MR) is 105 cm³/mol. The number of esters is 1. The summed E-state index contributed by atoms with van der Waals surface area (Å²) in [4.78, 5) is 46.3. The van der Waals surface area contributed by atoms with E-state index in [1.807, 2.05) is 13.8 Å². The molecule has 156 valence electrons. The van der Waals surface area contributed by atoms with Crippen LogP contribution in [0.25, 0.3) is 0 Å². The Bertz CT molecular complexity index is 1030. The van der Waals surface area contributed by atoms with Crippen molar-refractivity contribution in [2.24, 2.45) is 0 Å². The molecule has 1 saturated heterocycles. The van der Waals surface area contributed by atoms with Gasteiger partial charge in [0.25, 0.3) is 11.8 Å². The third kappa shape index (κ3) is 2.89. The first-order valence-electron chi connectivity index (χ1n) is 9.74. The number of rotatable bonds is 6. The van der Waals surface area contributed by atoms with Gasteiger partial charge in [0.15, 0.2) is 12.4 Å². The maximum atomic E-state index is 13.4. The summed E-state index contributed by atoms with van der Waals surface area (Å²) in [6.45, 7) is 7.37. The number of para-hydroxylation sites is 1. The van der Waals surface area contributed by atoms with Gasteiger partial charge in [-0.05, 0) is 12.1 Å². The lowest BCUT2D eigenvalue weighted by Crippen LogP contribution is -2.68. The Morgan fingerprint density at radius 1 is 1.37 bits per heavy atom. The fraction of sp³-hybridized carbons (Fsp3) is 0.381. The third-order valence-corrected chi connectivity index (χ3v) is 5.34. The van der Waals surface area contributed by atoms with Crippen molar-refractivity contribution in [3.63, 3.8) is 0 Å². The molecule has 0 saturated carbocycles. The van der Waals surface area contributed by atoms with Crippen LogP contribution in [0.2, 0.25) is 0 Å². The zero-order valence-corrected chi connectivity index (χ0v) is 16.8. The lowest BCUT2D eigenvalue weighted by atomic mass is 9.96. The molecule has 2 aliphatic rings. The standard InChI is InChI=1S/C21H22N4O5/c1-4-11-24-19(27)14-7-5-6-8-15(14)25-17(26)9-10-21(24,25)20(28)29-12-16-22-18(13(2)3)23-30-16/h4-8,13H,1,9-12H2,2-3H3. The van der Waals surface area contributed by atoms with Crippen molar-refractivity contribution in [3.8, 4) is 0 Å². The lowest BCUT2D eigenvalue weighted by molar-refractivity contribution is -0.159. The SMILES string of the molecule is C=CCN1C(=O)c2ccccc2N2C(=O)CCC12C(=O)OCc1nc(C(C)C)no1. The first-order valence-corrected chi connectivity index (χ1v) is 9.74. The molecule has 1 unspecified atom stereocenters. The average Bonchev–Trinajstić information content (AvgIpc) is 3.35. The molecule has 0 spiro atoms. The van der Waals surface area contributed by atoms with E-state index in [1.54, 1.807) is 24.3 Å². The van der Waals surface area contributed by atoms with E-state index in [-0.39, 0.29) is 49.6 Å². The quantitative estimate of drug-likeness (QED) is 0.532. The molecular formula is C21H22N4O5. The van der Waals surface area contributed by atoms with Crippen molar-refractivity contribution in [2.45, 2.75) is 44.9 Å². The molecule has 1 fully saturated rings. The Balaban J connectivity index is 1.70. The highest BCUT2D eigenvalue weighted by Gasteiger charge is 2.61. The van der Waals surface area contributed by atoms with Gasteiger partial charge in [-0.1, -0.05) is 37.2 Å². The maximum Gasteiger partial charge on any atom is 0.354 e. The number of amides is 2. The third-order valence-electron chi connectivity index (χ3n) is 5.34. The molecule has 2 aliphatic heterocycles. The first-order chi connectivity index (χ1) is 14.4. The number of fused-ring (bicyclic) bond motifs is 3. The van der Waals surface area contributed by atoms with Crippen LogP contribution in [-0.4, -0.2) is 45.0 Å². The molecule has 1 atom stereocenters. The van der Waals surface area contributed by atoms with Gasteiger partial charge in [-0.25, -0.2) is 4.79 Å². The molecule has 9 heteroatoms. The molecule has 2 aromatic rings. The zero-order valence-electron chi connectivity index (χ0n) is 16.8. The summed E-state index contributed by atoms with van der Waals surface area (Å²) >= 11 is 0. The fourth-order valence-corrected chi connectivity index (χ4v) is 3.93. The Hall–Kier alpha value is -3.49. The van der Waals surface area contributed by atoms with Crippen molar-refractivity contribution in [3.05, 3.63) is 54.2 Å². The van der Waals surface area contributed by atoms with Gasteiger partial charge in [0.2, 0.25) is 11.6 Å². The van der Waals surface area contributed by atoms with E-state index in [4.69, 9.17) is 9.26 Å². The van der Waals surface area contributed by atoms with Crippen LogP contribution in [0.1, 0.15) is 54.7 Å². The summed E-state index contributed by atoms with van der Waals surface area (Å²) < 4.78 is 10.6. The van der Waals surface area contributed by atoms with Crippen molar-refractivity contribution < 1.29 is 23.6 Å². The van der Waals surface area contributed by atoms with Crippen LogP contribution in [0.5, 0.6) is 0 Å². The Morgan fingerprint density at radius 3 is 2.83 bits per heavy atom. The Labute approximate surface area is 173 Å². The molecule has 0 aliphatic carbocycles. The van der Waals surface area contributed by atoms with Crippen LogP contribution in [0.3, 0.4) is 0 Å². The normalized spacial score (nSPS) is 20.4. The van der Waals surface area contributed by atoms with E-state index in [9.17, 15) is 14.4 Å². The largest absolute Gasteiger partial charge is 0.452 e. The second kappa shape index (κ2) is 7.40. The van der Waals surface area contributed by atoms with E-state index in [2.05, 4.69) is 16.7 Å². The number of ether oxygens (including phenoxy) is 1. The minimum Gasteiger partial charge on any atom is -0.452 e. The van der Waals surface area contributed by atoms with E-state index < -0.39 is 11.6 Å². The molecular weight excluding hydrogens is 388 g/mol. The molecule has 0 N–H and O–H groups in total. The van der Waals surface area contributed by atoms with Crippen LogP contribution in [0.4, 0.5) is 5.69 Å². The average molecular weight is 410 g/mol. The van der Waals surface area contributed by atoms with Gasteiger partial charge in [-0.15, -0.1) is 6.58 Å². The van der Waals surface area contributed by atoms with Crippen LogP contribution in [0, 0.1) is 0 Å². The molecule has 3 heterocycles. The number of anilines is 1. The number of hydrogen-bond donors (Lipinski definition) is 0. The second-order valence-electron chi connectivity index (χ2n) is 7.54. The number of benzene rings is 1. The maximum absolute atomic E-state index is 13.4. The summed E-state index contributed by atoms with van der Waals surface area (Å²) in [7, 11) is 0. The highest BCUT2D eigenvalue weighted by molar-refractivity contribution is 6.15. The highest BCUT2D eigenvalue weighted by atomic mass is 16.6. The molecule has 9 nitrogen and oxygen atoms in total. The van der Waals surface area contributed by atoms with E-state index in [0.29, 0.717) is 17.1 Å². The number of carbonyl (C=O) groups is 3. The van der Waals surface area contributed by atoms with Crippen molar-refractivity contribution in [1.29, 1.82) is 0 Å². The monoisotopic (exact) mass is 410 g/mol. The number of carbonyl (C=O) groups excluding carboxylic acids is 3. The lowest BCUT2D eigenvalue weighted by Gasteiger charge is -2.47. The fourth-order valence-electron chi connectivity index (χ4n) is 3.93. The molecule has 2 amide bonds. The molecule has 1 aromatic heterocycles. The van der Waals surface area contributed by atoms with E-state index in [1.165, 1.54) is 15.9 Å². The van der Waals surface area contributed by atoms with Gasteiger partial charge < -0.3 is 14.2 Å². The highest BCUT2D eigenvalue weighted by Crippen LogP contribution is 2.45. The van der Waals surface area contributed by atoms with Gasteiger partial charge >= 0.3 is 5.97 Å². The van der Waals surface area contributed by atoms with Crippen LogP contribution < -0.4 is 4.90 Å². The summed E-state index contributed by atoms with van der Waals surface area (Å²) in [5.74, 6) is -0.601. The first kappa shape index (κ1) is 19.8. The van der Waals surface area contributed by atoms with E-state index >= 15 is 0 Å². The Morgan fingerprint density at radius 2 is 2.13 bits per heavy atom. The summed E-state index contributed by atoms with van der Waals surface area (Å²) in [6.07, 6.45) is 1.76. The molecule has 4 rings (SSSR count). The van der Waals surface area contributed by atoms with Crippen molar-refractivity contribution in [1.82, 2.24) is 15.0 Å². The van der Waals surface area contributed by atoms with Gasteiger partial charge in [-0.3, -0.25) is 14.5 Å². The van der Waals surface area contributed by atoms with Crippen molar-refractivity contribution >= 4 is 23.5 Å². The molecule has 1 aromatic carbocycles. The van der Waals surface area contributed by atoms with Crippen LogP contribution in [0.15, 0.2) is 41.4 Å².